The lowest BCUT2D eigenvalue weighted by molar-refractivity contribution is -0.191. The van der Waals surface area contributed by atoms with Gasteiger partial charge in [-0.3, -0.25) is 0 Å². The standard InChI is InChI=1S/C9H6N4S.CO2/c10-5-7-1-3-8(4-2-7)14-9-6-11-13-12-9;2-1-3/h1-4,6H,(H,11,12,13);. The normalized spacial score (nSPS) is 8.41. The summed E-state index contributed by atoms with van der Waals surface area (Å²) in [5.74, 6) is 0. The predicted molar refractivity (Wildman–Crippen MR) is 56.7 cm³/mol. The van der Waals surface area contributed by atoms with E-state index in [1.54, 1.807) is 18.3 Å². The summed E-state index contributed by atoms with van der Waals surface area (Å²) in [4.78, 5) is 17.3. The molecule has 0 amide bonds. The number of hydrogen-bond donors (Lipinski definition) is 1. The van der Waals surface area contributed by atoms with Crippen molar-refractivity contribution in [3.05, 3.63) is 36.0 Å². The number of nitrogens with one attached hydrogen (secondary N) is 1. The lowest BCUT2D eigenvalue weighted by Gasteiger charge is -1.95. The molecule has 0 saturated heterocycles. The maximum Gasteiger partial charge on any atom is 0.373 e. The second-order valence-electron chi connectivity index (χ2n) is 2.63. The Labute approximate surface area is 101 Å². The number of H-pyrrole nitrogens is 1. The molecule has 0 aliphatic rings. The molecule has 0 unspecified atom stereocenters. The van der Waals surface area contributed by atoms with Crippen LogP contribution in [0.2, 0.25) is 0 Å². The zero-order valence-electron chi connectivity index (χ0n) is 8.45. The highest BCUT2D eigenvalue weighted by molar-refractivity contribution is 7.99. The molecule has 17 heavy (non-hydrogen) atoms. The molecular weight excluding hydrogens is 240 g/mol. The first-order valence-corrected chi connectivity index (χ1v) is 5.15. The maximum absolute atomic E-state index is 8.60. The van der Waals surface area contributed by atoms with Crippen LogP contribution >= 0.6 is 11.8 Å². The Morgan fingerprint density at radius 2 is 1.88 bits per heavy atom. The van der Waals surface area contributed by atoms with Crippen molar-refractivity contribution in [1.82, 2.24) is 15.4 Å². The van der Waals surface area contributed by atoms with Gasteiger partial charge in [0.15, 0.2) is 0 Å². The van der Waals surface area contributed by atoms with Crippen molar-refractivity contribution in [2.75, 3.05) is 0 Å². The van der Waals surface area contributed by atoms with Crippen LogP contribution in [0.4, 0.5) is 0 Å². The van der Waals surface area contributed by atoms with Crippen LogP contribution in [0.3, 0.4) is 0 Å². The quantitative estimate of drug-likeness (QED) is 0.855. The lowest BCUT2D eigenvalue weighted by Crippen LogP contribution is -1.76. The number of rotatable bonds is 2. The monoisotopic (exact) mass is 246 g/mol. The van der Waals surface area contributed by atoms with Crippen molar-refractivity contribution >= 4 is 17.9 Å². The lowest BCUT2D eigenvalue weighted by atomic mass is 10.2. The summed E-state index contributed by atoms with van der Waals surface area (Å²) in [6.07, 6.45) is 1.91. The maximum atomic E-state index is 8.60. The molecular formula is C10H6N4O2S. The van der Waals surface area contributed by atoms with Gasteiger partial charge in [-0.05, 0) is 24.3 Å². The van der Waals surface area contributed by atoms with Gasteiger partial charge in [0, 0.05) is 4.90 Å². The zero-order valence-corrected chi connectivity index (χ0v) is 9.27. The fourth-order valence-electron chi connectivity index (χ4n) is 0.959. The van der Waals surface area contributed by atoms with E-state index in [0.29, 0.717) is 5.56 Å². The molecule has 6 nitrogen and oxygen atoms in total. The molecule has 2 aromatic rings. The third-order valence-corrected chi connectivity index (χ3v) is 2.51. The number of nitriles is 1. The minimum atomic E-state index is 0.250. The molecule has 0 spiro atoms. The van der Waals surface area contributed by atoms with Crippen molar-refractivity contribution in [2.45, 2.75) is 9.92 Å². The molecule has 0 aliphatic carbocycles. The van der Waals surface area contributed by atoms with E-state index < -0.39 is 0 Å². The Kier molecular flexibility index (Phi) is 5.17. The molecule has 1 aromatic carbocycles. The van der Waals surface area contributed by atoms with Crippen molar-refractivity contribution in [2.24, 2.45) is 0 Å². The number of nitrogens with zero attached hydrogens (tertiary/aromatic N) is 3. The van der Waals surface area contributed by atoms with E-state index in [0.717, 1.165) is 9.92 Å². The van der Waals surface area contributed by atoms with Gasteiger partial charge >= 0.3 is 6.15 Å². The molecule has 7 heteroatoms. The van der Waals surface area contributed by atoms with Crippen LogP contribution in [0.25, 0.3) is 0 Å². The smallest absolute Gasteiger partial charge is 0.197 e. The highest BCUT2D eigenvalue weighted by atomic mass is 32.2. The van der Waals surface area contributed by atoms with Crippen LogP contribution in [0, 0.1) is 11.3 Å². The van der Waals surface area contributed by atoms with Gasteiger partial charge in [0.1, 0.15) is 5.03 Å². The highest BCUT2D eigenvalue weighted by Crippen LogP contribution is 2.24. The Balaban J connectivity index is 0.000000437. The zero-order chi connectivity index (χ0) is 12.5. The molecule has 1 N–H and O–H groups in total. The Bertz CT molecular complexity index is 524. The number of aromatic amines is 1. The fourth-order valence-corrected chi connectivity index (χ4v) is 1.66. The molecule has 2 rings (SSSR count). The van der Waals surface area contributed by atoms with E-state index in [2.05, 4.69) is 21.5 Å². The van der Waals surface area contributed by atoms with Crippen LogP contribution in [-0.2, 0) is 9.59 Å². The summed E-state index contributed by atoms with van der Waals surface area (Å²) in [6, 6.07) is 9.40. The molecule has 0 bridgehead atoms. The first kappa shape index (κ1) is 12.6. The Hall–Kier alpha value is -2.42. The van der Waals surface area contributed by atoms with Crippen LogP contribution in [0.1, 0.15) is 5.56 Å². The average molecular weight is 246 g/mol. The van der Waals surface area contributed by atoms with E-state index in [1.165, 1.54) is 11.8 Å². The molecule has 0 atom stereocenters. The second-order valence-corrected chi connectivity index (χ2v) is 3.72. The van der Waals surface area contributed by atoms with Gasteiger partial charge in [-0.1, -0.05) is 11.8 Å². The number of benzene rings is 1. The van der Waals surface area contributed by atoms with Gasteiger partial charge in [0.05, 0.1) is 17.8 Å². The first-order chi connectivity index (χ1) is 8.30. The van der Waals surface area contributed by atoms with E-state index in [1.807, 2.05) is 12.1 Å². The van der Waals surface area contributed by atoms with E-state index in [4.69, 9.17) is 14.9 Å². The van der Waals surface area contributed by atoms with Crippen molar-refractivity contribution in [1.29, 1.82) is 5.26 Å². The third-order valence-electron chi connectivity index (χ3n) is 1.60. The first-order valence-electron chi connectivity index (χ1n) is 4.33. The summed E-state index contributed by atoms with van der Waals surface area (Å²) in [5.41, 5.74) is 0.662. The van der Waals surface area contributed by atoms with Crippen LogP contribution in [0.5, 0.6) is 0 Å². The Morgan fingerprint density at radius 1 is 1.24 bits per heavy atom. The summed E-state index contributed by atoms with van der Waals surface area (Å²) in [6.45, 7) is 0. The van der Waals surface area contributed by atoms with Crippen molar-refractivity contribution in [3.63, 3.8) is 0 Å². The van der Waals surface area contributed by atoms with Gasteiger partial charge in [-0.15, -0.1) is 5.10 Å². The third kappa shape index (κ3) is 4.30. The molecule has 1 aromatic heterocycles. The SMILES string of the molecule is N#Cc1ccc(Sc2cn[nH]n2)cc1.O=C=O. The summed E-state index contributed by atoms with van der Waals surface area (Å²) >= 11 is 1.50. The van der Waals surface area contributed by atoms with Gasteiger partial charge in [0.25, 0.3) is 0 Å². The summed E-state index contributed by atoms with van der Waals surface area (Å²) in [5, 5.41) is 19.6. The molecule has 0 aliphatic heterocycles. The van der Waals surface area contributed by atoms with Gasteiger partial charge < -0.3 is 0 Å². The Morgan fingerprint density at radius 3 is 2.35 bits per heavy atom. The number of carbonyl (C=O) groups excluding carboxylic acids is 2. The number of aromatic nitrogens is 3. The van der Waals surface area contributed by atoms with Crippen LogP contribution < -0.4 is 0 Å². The van der Waals surface area contributed by atoms with Gasteiger partial charge in [0.2, 0.25) is 0 Å². The predicted octanol–water partition coefficient (Wildman–Crippen LogP) is 1.24. The van der Waals surface area contributed by atoms with Gasteiger partial charge in [-0.2, -0.15) is 25.2 Å². The molecule has 84 valence electrons. The van der Waals surface area contributed by atoms with E-state index in [-0.39, 0.29) is 6.15 Å². The van der Waals surface area contributed by atoms with Crippen molar-refractivity contribution in [3.8, 4) is 6.07 Å². The highest BCUT2D eigenvalue weighted by Gasteiger charge is 1.99. The largest absolute Gasteiger partial charge is 0.373 e. The van der Waals surface area contributed by atoms with Crippen LogP contribution in [-0.4, -0.2) is 21.6 Å². The molecule has 0 radical (unpaired) electrons. The van der Waals surface area contributed by atoms with Gasteiger partial charge in [-0.25, -0.2) is 0 Å². The van der Waals surface area contributed by atoms with Crippen LogP contribution in [0.15, 0.2) is 40.4 Å². The topological polar surface area (TPSA) is 99.5 Å². The summed E-state index contributed by atoms with van der Waals surface area (Å²) < 4.78 is 0. The minimum absolute atomic E-state index is 0.250. The van der Waals surface area contributed by atoms with Crippen molar-refractivity contribution < 1.29 is 9.59 Å². The minimum Gasteiger partial charge on any atom is -0.197 e. The van der Waals surface area contributed by atoms with E-state index in [9.17, 15) is 0 Å². The number of hydrogen-bond acceptors (Lipinski definition) is 6. The average Bonchev–Trinajstić information content (AvgIpc) is 2.84. The molecule has 0 fully saturated rings. The summed E-state index contributed by atoms with van der Waals surface area (Å²) in [7, 11) is 0. The molecule has 0 saturated carbocycles. The molecule has 1 heterocycles. The fraction of sp³-hybridized carbons (Fsp3) is 0. The van der Waals surface area contributed by atoms with E-state index >= 15 is 0 Å². The second kappa shape index (κ2) is 6.95.